The Kier molecular flexibility index (Phi) is 40.8. The van der Waals surface area contributed by atoms with Gasteiger partial charge in [-0.2, -0.15) is 0 Å². The predicted molar refractivity (Wildman–Crippen MR) is 344 cm³/mol. The van der Waals surface area contributed by atoms with Crippen LogP contribution in [0.5, 0.6) is 0 Å². The number of allylic oxidation sites excluding steroid dienone is 2. The molecule has 10 nitrogen and oxygen atoms in total. The molecule has 1 aliphatic carbocycles. The molecule has 2 aliphatic heterocycles. The van der Waals surface area contributed by atoms with Crippen molar-refractivity contribution in [2.75, 3.05) is 26.0 Å². The first kappa shape index (κ1) is 73.9. The standard InChI is InChI=1S/C23H25N5O2.C13H16N2O.C11H24.C8H18.C5H10.C4H10.C3H8.C2H6/c1-14-6-7-18-20(10-14)28(4)23(25-18)26-22(29)16-11-15(2)24-19(12-16)17-13-27(3)9-8-21(17)30-5;1-8-4-7-12(15-10(8)3)11-6-5-9(2)14-13(11)16;1-5-7-11(4)9-8-10(3)6-2;1-4-6-7-8(3)5-2;1-2-4-5-3-1;1-3-4-2;1-3-2;1-2/h6-7,10-13H,8-9H2,1-5H3;4,7,11H,2,5-6H2,1,3H3,(H,14,16);10-11H,5-9H2,1-4H3;8H,4-7H2,1-3H3;1-5H2;3-4H2,1-2H3;3H2,1-2H3;1-2H3/p+1. The highest BCUT2D eigenvalue weighted by Crippen LogP contribution is 2.27. The number of nitrogens with zero attached hydrogens (tertiary/aromatic N) is 5. The molecule has 5 heterocycles. The monoisotopic (exact) mass is 1090 g/mol. The first-order chi connectivity index (χ1) is 37.8. The average molecular weight is 1090 g/mol. The summed E-state index contributed by atoms with van der Waals surface area (Å²) in [6, 6.07) is 13.6. The van der Waals surface area contributed by atoms with Crippen LogP contribution in [-0.2, 0) is 16.6 Å². The maximum Gasteiger partial charge on any atom is 0.258 e. The van der Waals surface area contributed by atoms with E-state index in [2.05, 4.69) is 119 Å². The number of fused-ring (bicyclic) bond motifs is 1. The van der Waals surface area contributed by atoms with Gasteiger partial charge in [0.25, 0.3) is 5.91 Å². The third-order valence-electron chi connectivity index (χ3n) is 14.5. The van der Waals surface area contributed by atoms with E-state index in [1.54, 1.807) is 19.2 Å². The Morgan fingerprint density at radius 2 is 1.37 bits per heavy atom. The zero-order chi connectivity index (χ0) is 59.9. The van der Waals surface area contributed by atoms with E-state index in [1.807, 2.05) is 90.7 Å². The number of aromatic nitrogens is 4. The number of benzene rings is 1. The van der Waals surface area contributed by atoms with E-state index < -0.39 is 0 Å². The summed E-state index contributed by atoms with van der Waals surface area (Å²) >= 11 is 0. The molecule has 0 radical (unpaired) electrons. The molecule has 0 bridgehead atoms. The van der Waals surface area contributed by atoms with Crippen LogP contribution in [0.3, 0.4) is 0 Å². The van der Waals surface area contributed by atoms with Gasteiger partial charge in [-0.25, -0.2) is 9.56 Å². The quantitative estimate of drug-likeness (QED) is 0.108. The van der Waals surface area contributed by atoms with Gasteiger partial charge >= 0.3 is 0 Å². The zero-order valence-corrected chi connectivity index (χ0v) is 54.4. The fourth-order valence-electron chi connectivity index (χ4n) is 8.66. The molecule has 7 rings (SSSR count). The van der Waals surface area contributed by atoms with E-state index in [-0.39, 0.29) is 17.7 Å². The Morgan fingerprint density at radius 3 is 1.90 bits per heavy atom. The number of hydrogen-bond donors (Lipinski definition) is 2. The minimum atomic E-state index is -0.222. The van der Waals surface area contributed by atoms with Crippen molar-refractivity contribution in [2.45, 2.75) is 252 Å². The number of hydrogen-bond acceptors (Lipinski definition) is 6. The van der Waals surface area contributed by atoms with Gasteiger partial charge in [-0.05, 0) is 99.7 Å². The fraction of sp³-hybridized carbons (Fsp3) is 0.652. The number of amides is 2. The van der Waals surface area contributed by atoms with Gasteiger partial charge < -0.3 is 14.6 Å². The van der Waals surface area contributed by atoms with E-state index in [0.717, 1.165) is 106 Å². The van der Waals surface area contributed by atoms with Crippen molar-refractivity contribution in [1.29, 1.82) is 0 Å². The molecule has 3 aliphatic rings. The van der Waals surface area contributed by atoms with Crippen LogP contribution in [0.1, 0.15) is 269 Å². The second-order valence-electron chi connectivity index (χ2n) is 22.2. The maximum atomic E-state index is 13.1. The Labute approximate surface area is 485 Å². The van der Waals surface area contributed by atoms with Gasteiger partial charge in [0.1, 0.15) is 24.9 Å². The maximum absolute atomic E-state index is 13.1. The fourth-order valence-corrected chi connectivity index (χ4v) is 8.66. The molecule has 3 aromatic heterocycles. The summed E-state index contributed by atoms with van der Waals surface area (Å²) in [7, 11) is 5.59. The summed E-state index contributed by atoms with van der Waals surface area (Å²) in [5, 5.41) is 5.73. The molecular formula is C69H118N7O3+. The lowest BCUT2D eigenvalue weighted by atomic mass is 9.93. The molecule has 446 valence electrons. The number of imidazole rings is 1. The first-order valence-corrected chi connectivity index (χ1v) is 31.3. The largest absolute Gasteiger partial charge is 0.500 e. The molecule has 4 atom stereocenters. The van der Waals surface area contributed by atoms with Crippen LogP contribution in [0.2, 0.25) is 0 Å². The molecule has 1 saturated carbocycles. The van der Waals surface area contributed by atoms with Gasteiger partial charge in [-0.3, -0.25) is 24.9 Å². The minimum Gasteiger partial charge on any atom is -0.500 e. The molecule has 1 aromatic carbocycles. The Bertz CT molecular complexity index is 2360. The van der Waals surface area contributed by atoms with Gasteiger partial charge in [0.2, 0.25) is 11.9 Å². The van der Waals surface area contributed by atoms with E-state index >= 15 is 0 Å². The molecule has 4 unspecified atom stereocenters. The lowest BCUT2D eigenvalue weighted by molar-refractivity contribution is -0.492. The molecule has 4 aromatic rings. The highest BCUT2D eigenvalue weighted by Gasteiger charge is 2.27. The summed E-state index contributed by atoms with van der Waals surface area (Å²) in [4.78, 5) is 38.5. The molecule has 1 saturated heterocycles. The Balaban J connectivity index is 0.00000104. The molecule has 2 amide bonds. The first-order valence-electron chi connectivity index (χ1n) is 31.3. The van der Waals surface area contributed by atoms with Crippen LogP contribution in [0.25, 0.3) is 16.6 Å². The van der Waals surface area contributed by atoms with Gasteiger partial charge in [0.15, 0.2) is 6.21 Å². The minimum absolute atomic E-state index is 0.0204. The van der Waals surface area contributed by atoms with Crippen LogP contribution in [0, 0.1) is 45.4 Å². The lowest BCUT2D eigenvalue weighted by Gasteiger charge is -2.23. The highest BCUT2D eigenvalue weighted by molar-refractivity contribution is 6.10. The number of piperidine rings is 1. The number of nitrogens with one attached hydrogen (secondary N) is 2. The van der Waals surface area contributed by atoms with Crippen LogP contribution in [0.4, 0.5) is 5.95 Å². The molecular weight excluding hydrogens is 975 g/mol. The van der Waals surface area contributed by atoms with Gasteiger partial charge in [0, 0.05) is 29.7 Å². The molecule has 79 heavy (non-hydrogen) atoms. The topological polar surface area (TPSA) is 114 Å². The van der Waals surface area contributed by atoms with Gasteiger partial charge in [-0.1, -0.05) is 218 Å². The molecule has 2 N–H and O–H groups in total. The number of pyridine rings is 2. The number of ether oxygens (including phenoxy) is 1. The zero-order valence-electron chi connectivity index (χ0n) is 54.4. The van der Waals surface area contributed by atoms with E-state index in [1.165, 1.54) is 109 Å². The summed E-state index contributed by atoms with van der Waals surface area (Å²) in [5.74, 6) is 3.91. The SMILES string of the molecule is C1CCCC1.C=C1CCC(c2ccc(C)c(C)n2)C(=O)N1.CC.CCC.CCCC.CCCC(C)CCC(C)CC.CCCCC(C)CC.COC1=C(c2cc(C(=O)Nc3nc4ccc(C)cc4n3C)cc(C)n2)C=[N+](C)CC1. The molecule has 0 spiro atoms. The summed E-state index contributed by atoms with van der Waals surface area (Å²) in [6.45, 7) is 41.3. The van der Waals surface area contributed by atoms with Crippen molar-refractivity contribution in [3.05, 3.63) is 100.0 Å². The smallest absolute Gasteiger partial charge is 0.258 e. The van der Waals surface area contributed by atoms with Gasteiger partial charge in [0.05, 0.1) is 41.9 Å². The third kappa shape index (κ3) is 29.8. The summed E-state index contributed by atoms with van der Waals surface area (Å²) in [5.41, 5.74) is 9.73. The average Bonchev–Trinajstić information content (AvgIpc) is 4.15. The number of anilines is 1. The van der Waals surface area contributed by atoms with Crippen molar-refractivity contribution in [3.63, 3.8) is 0 Å². The van der Waals surface area contributed by atoms with Gasteiger partial charge in [-0.15, -0.1) is 0 Å². The number of methoxy groups -OCH3 is 1. The van der Waals surface area contributed by atoms with E-state index in [9.17, 15) is 9.59 Å². The van der Waals surface area contributed by atoms with Crippen molar-refractivity contribution < 1.29 is 18.9 Å². The highest BCUT2D eigenvalue weighted by atomic mass is 16.5. The van der Waals surface area contributed by atoms with Crippen LogP contribution in [-0.4, -0.2) is 62.8 Å². The van der Waals surface area contributed by atoms with E-state index in [0.29, 0.717) is 11.5 Å². The molecule has 2 fully saturated rings. The summed E-state index contributed by atoms with van der Waals surface area (Å²) in [6.07, 6.45) is 28.4. The van der Waals surface area contributed by atoms with Crippen LogP contribution < -0.4 is 10.6 Å². The number of unbranched alkanes of at least 4 members (excludes halogenated alkanes) is 2. The molecule has 10 heteroatoms. The number of rotatable bonds is 16. The third-order valence-corrected chi connectivity index (χ3v) is 14.5. The van der Waals surface area contributed by atoms with Crippen LogP contribution >= 0.6 is 0 Å². The Hall–Kier alpha value is -5.12. The van der Waals surface area contributed by atoms with Crippen molar-refractivity contribution in [1.82, 2.24) is 24.8 Å². The second-order valence-corrected chi connectivity index (χ2v) is 22.2. The van der Waals surface area contributed by atoms with Crippen molar-refractivity contribution in [2.24, 2.45) is 24.8 Å². The van der Waals surface area contributed by atoms with Crippen molar-refractivity contribution in [3.8, 4) is 0 Å². The normalized spacial score (nSPS) is 15.4. The van der Waals surface area contributed by atoms with E-state index in [4.69, 9.17) is 4.74 Å². The number of carbonyl (C=O) groups excluding carboxylic acids is 2. The second kappa shape index (κ2) is 43.6. The summed E-state index contributed by atoms with van der Waals surface area (Å²) < 4.78 is 9.56. The predicted octanol–water partition coefficient (Wildman–Crippen LogP) is 19.2. The number of aryl methyl sites for hydroxylation is 5. The number of carbonyl (C=O) groups is 2. The van der Waals surface area contributed by atoms with Crippen LogP contribution in [0.15, 0.2) is 60.5 Å². The lowest BCUT2D eigenvalue weighted by Crippen LogP contribution is -2.33. The van der Waals surface area contributed by atoms with Crippen molar-refractivity contribution >= 4 is 40.6 Å². The Morgan fingerprint density at radius 1 is 0.772 bits per heavy atom.